The van der Waals surface area contributed by atoms with Crippen molar-refractivity contribution >= 4 is 11.9 Å². The van der Waals surface area contributed by atoms with Crippen molar-refractivity contribution in [2.45, 2.75) is 53.2 Å². The zero-order valence-corrected chi connectivity index (χ0v) is 14.6. The maximum Gasteiger partial charge on any atom is 0.339 e. The van der Waals surface area contributed by atoms with Crippen LogP contribution in [0.1, 0.15) is 49.2 Å². The fourth-order valence-electron chi connectivity index (χ4n) is 1.91. The van der Waals surface area contributed by atoms with E-state index in [0.717, 1.165) is 11.1 Å². The molecule has 0 aliphatic heterocycles. The largest absolute Gasteiger partial charge is 0.449 e. The van der Waals surface area contributed by atoms with E-state index in [4.69, 9.17) is 4.74 Å². The van der Waals surface area contributed by atoms with Crippen LogP contribution in [-0.4, -0.2) is 23.5 Å². The fourth-order valence-corrected chi connectivity index (χ4v) is 1.91. The van der Waals surface area contributed by atoms with Gasteiger partial charge in [0.1, 0.15) is 5.54 Å². The monoisotopic (exact) mass is 316 g/mol. The summed E-state index contributed by atoms with van der Waals surface area (Å²) in [6, 6.07) is 7.44. The van der Waals surface area contributed by atoms with Crippen molar-refractivity contribution < 1.29 is 14.3 Å². The highest BCUT2D eigenvalue weighted by atomic mass is 16.5. The second-order valence-electron chi connectivity index (χ2n) is 6.25. The Morgan fingerprint density at radius 2 is 1.87 bits per heavy atom. The van der Waals surface area contributed by atoms with Crippen molar-refractivity contribution in [1.82, 2.24) is 5.32 Å². The summed E-state index contributed by atoms with van der Waals surface area (Å²) >= 11 is 0. The normalized spacial score (nSPS) is 14.5. The van der Waals surface area contributed by atoms with E-state index in [-0.39, 0.29) is 5.92 Å². The van der Waals surface area contributed by atoms with E-state index in [1.165, 1.54) is 6.92 Å². The van der Waals surface area contributed by atoms with Crippen LogP contribution in [-0.2, 0) is 9.53 Å². The van der Waals surface area contributed by atoms with Gasteiger partial charge in [0.15, 0.2) is 6.10 Å². The Morgan fingerprint density at radius 3 is 2.39 bits per heavy atom. The molecule has 0 spiro atoms. The molecule has 0 bridgehead atoms. The van der Waals surface area contributed by atoms with Crippen LogP contribution in [0.25, 0.3) is 0 Å². The van der Waals surface area contributed by atoms with Crippen LogP contribution in [0.4, 0.5) is 0 Å². The molecule has 0 aliphatic rings. The third-order valence-electron chi connectivity index (χ3n) is 4.25. The van der Waals surface area contributed by atoms with Crippen molar-refractivity contribution in [2.24, 2.45) is 5.92 Å². The number of carbonyl (C=O) groups excluding carboxylic acids is 2. The van der Waals surface area contributed by atoms with Crippen LogP contribution in [0.2, 0.25) is 0 Å². The average Bonchev–Trinajstić information content (AvgIpc) is 2.49. The maximum absolute atomic E-state index is 12.2. The number of nitrogens with zero attached hydrogens (tertiary/aromatic N) is 1. The zero-order chi connectivity index (χ0) is 17.8. The number of carbonyl (C=O) groups is 2. The minimum absolute atomic E-state index is 0.0710. The van der Waals surface area contributed by atoms with Gasteiger partial charge in [0.25, 0.3) is 5.91 Å². The second-order valence-corrected chi connectivity index (χ2v) is 6.25. The number of esters is 1. The van der Waals surface area contributed by atoms with Crippen LogP contribution in [0.15, 0.2) is 18.2 Å². The molecule has 0 aromatic heterocycles. The molecule has 124 valence electrons. The summed E-state index contributed by atoms with van der Waals surface area (Å²) < 4.78 is 5.24. The molecule has 0 saturated carbocycles. The zero-order valence-electron chi connectivity index (χ0n) is 14.6. The summed E-state index contributed by atoms with van der Waals surface area (Å²) in [7, 11) is 0. The number of ether oxygens (including phenoxy) is 1. The van der Waals surface area contributed by atoms with Gasteiger partial charge >= 0.3 is 5.97 Å². The highest BCUT2D eigenvalue weighted by molar-refractivity contribution is 5.93. The van der Waals surface area contributed by atoms with Crippen molar-refractivity contribution in [2.75, 3.05) is 0 Å². The molecule has 5 nitrogen and oxygen atoms in total. The minimum Gasteiger partial charge on any atom is -0.449 e. The maximum atomic E-state index is 12.2. The van der Waals surface area contributed by atoms with Gasteiger partial charge in [0.2, 0.25) is 0 Å². The number of hydrogen-bond donors (Lipinski definition) is 1. The lowest BCUT2D eigenvalue weighted by atomic mass is 9.90. The summed E-state index contributed by atoms with van der Waals surface area (Å²) in [6.45, 7) is 10.6. The molecule has 0 heterocycles. The molecule has 1 N–H and O–H groups in total. The molecule has 1 aromatic carbocycles. The molecule has 0 fully saturated rings. The van der Waals surface area contributed by atoms with Crippen molar-refractivity contribution in [3.63, 3.8) is 0 Å². The standard InChI is InChI=1S/C18H24N2O3/c1-11(2)18(6,10-19)20-16(21)14(5)23-17(22)15-9-7-8-12(3)13(15)4/h7-9,11,14H,1-6H3,(H,20,21)/t14-,18-/m1/s1. The Morgan fingerprint density at radius 1 is 1.26 bits per heavy atom. The number of nitrogens with one attached hydrogen (secondary N) is 1. The molecule has 1 rings (SSSR count). The molecule has 0 unspecified atom stereocenters. The number of rotatable bonds is 5. The van der Waals surface area contributed by atoms with Gasteiger partial charge in [-0.3, -0.25) is 4.79 Å². The Kier molecular flexibility index (Phi) is 5.91. The quantitative estimate of drug-likeness (QED) is 0.847. The molecule has 1 amide bonds. The number of benzene rings is 1. The SMILES string of the molecule is Cc1cccc(C(=O)O[C@H](C)C(=O)N[C@](C)(C#N)C(C)C)c1C. The average molecular weight is 316 g/mol. The Bertz CT molecular complexity index is 646. The second kappa shape index (κ2) is 7.28. The van der Waals surface area contributed by atoms with Gasteiger partial charge in [-0.25, -0.2) is 4.79 Å². The van der Waals surface area contributed by atoms with Crippen LogP contribution >= 0.6 is 0 Å². The van der Waals surface area contributed by atoms with Crippen LogP contribution in [0, 0.1) is 31.1 Å². The summed E-state index contributed by atoms with van der Waals surface area (Å²) in [6.07, 6.45) is -0.978. The third kappa shape index (κ3) is 4.32. The van der Waals surface area contributed by atoms with E-state index in [0.29, 0.717) is 5.56 Å². The van der Waals surface area contributed by atoms with Gasteiger partial charge in [-0.1, -0.05) is 26.0 Å². The highest BCUT2D eigenvalue weighted by Crippen LogP contribution is 2.17. The Labute approximate surface area is 137 Å². The topological polar surface area (TPSA) is 79.2 Å². The van der Waals surface area contributed by atoms with E-state index in [2.05, 4.69) is 11.4 Å². The van der Waals surface area contributed by atoms with E-state index in [1.807, 2.05) is 33.8 Å². The first-order valence-electron chi connectivity index (χ1n) is 7.63. The molecule has 0 radical (unpaired) electrons. The Hall–Kier alpha value is -2.35. The lowest BCUT2D eigenvalue weighted by Crippen LogP contribution is -2.52. The van der Waals surface area contributed by atoms with Crippen LogP contribution < -0.4 is 5.32 Å². The lowest BCUT2D eigenvalue weighted by Gasteiger charge is -2.28. The first kappa shape index (κ1) is 18.7. The van der Waals surface area contributed by atoms with Crippen molar-refractivity contribution in [3.8, 4) is 6.07 Å². The summed E-state index contributed by atoms with van der Waals surface area (Å²) in [4.78, 5) is 24.4. The molecule has 0 saturated heterocycles. The smallest absolute Gasteiger partial charge is 0.339 e. The van der Waals surface area contributed by atoms with E-state index < -0.39 is 23.5 Å². The molecule has 23 heavy (non-hydrogen) atoms. The first-order valence-corrected chi connectivity index (χ1v) is 7.63. The summed E-state index contributed by atoms with van der Waals surface area (Å²) in [5.74, 6) is -1.10. The predicted molar refractivity (Wildman–Crippen MR) is 87.8 cm³/mol. The van der Waals surface area contributed by atoms with Gasteiger partial charge in [0, 0.05) is 0 Å². The number of amides is 1. The highest BCUT2D eigenvalue weighted by Gasteiger charge is 2.32. The number of aryl methyl sites for hydroxylation is 1. The van der Waals surface area contributed by atoms with Gasteiger partial charge in [-0.15, -0.1) is 0 Å². The molecule has 2 atom stereocenters. The van der Waals surface area contributed by atoms with Crippen molar-refractivity contribution in [3.05, 3.63) is 34.9 Å². The predicted octanol–water partition coefficient (Wildman–Crippen LogP) is 2.90. The first-order chi connectivity index (χ1) is 10.6. The Balaban J connectivity index is 2.81. The molecule has 5 heteroatoms. The van der Waals surface area contributed by atoms with Crippen LogP contribution in [0.5, 0.6) is 0 Å². The molecule has 0 aliphatic carbocycles. The van der Waals surface area contributed by atoms with E-state index in [9.17, 15) is 14.9 Å². The van der Waals surface area contributed by atoms with Crippen molar-refractivity contribution in [1.29, 1.82) is 5.26 Å². The molecular formula is C18H24N2O3. The number of nitriles is 1. The lowest BCUT2D eigenvalue weighted by molar-refractivity contribution is -0.130. The molecular weight excluding hydrogens is 292 g/mol. The van der Waals surface area contributed by atoms with Gasteiger partial charge in [0.05, 0.1) is 11.6 Å². The van der Waals surface area contributed by atoms with Gasteiger partial charge in [-0.2, -0.15) is 5.26 Å². The summed E-state index contributed by atoms with van der Waals surface area (Å²) in [5.41, 5.74) is 1.25. The van der Waals surface area contributed by atoms with E-state index in [1.54, 1.807) is 19.1 Å². The minimum atomic E-state index is -1.00. The van der Waals surface area contributed by atoms with Gasteiger partial charge < -0.3 is 10.1 Å². The summed E-state index contributed by atoms with van der Waals surface area (Å²) in [5, 5.41) is 11.9. The third-order valence-corrected chi connectivity index (χ3v) is 4.25. The fraction of sp³-hybridized carbons (Fsp3) is 0.500. The van der Waals surface area contributed by atoms with Crippen LogP contribution in [0.3, 0.4) is 0 Å². The van der Waals surface area contributed by atoms with Gasteiger partial charge in [-0.05, 0) is 50.8 Å². The molecule has 1 aromatic rings. The number of hydrogen-bond acceptors (Lipinski definition) is 4. The van der Waals surface area contributed by atoms with E-state index >= 15 is 0 Å².